The molecule has 1 aromatic heterocycles. The lowest BCUT2D eigenvalue weighted by atomic mass is 9.91. The summed E-state index contributed by atoms with van der Waals surface area (Å²) in [6, 6.07) is 6.17. The molecule has 0 spiro atoms. The topological polar surface area (TPSA) is 79.4 Å². The molecule has 3 fully saturated rings. The quantitative estimate of drug-likeness (QED) is 0.615. The Kier molecular flexibility index (Phi) is 5.61. The number of fused-ring (bicyclic) bond motifs is 2. The third-order valence-corrected chi connectivity index (χ3v) is 8.59. The molecule has 2 aliphatic heterocycles. The Labute approximate surface area is 200 Å². The number of hydrogen-bond donors (Lipinski definition) is 1. The molecule has 1 amide bonds. The van der Waals surface area contributed by atoms with Gasteiger partial charge in [-0.1, -0.05) is 6.07 Å². The molecule has 1 aliphatic carbocycles. The van der Waals surface area contributed by atoms with Crippen LogP contribution in [-0.2, 0) is 26.2 Å². The number of halogens is 4. The molecule has 2 atom stereocenters. The van der Waals surface area contributed by atoms with Crippen LogP contribution in [0.3, 0.4) is 0 Å². The van der Waals surface area contributed by atoms with Gasteiger partial charge in [0.15, 0.2) is 9.84 Å². The Morgan fingerprint density at radius 2 is 1.77 bits per heavy atom. The number of benzene rings is 1. The fourth-order valence-corrected chi connectivity index (χ4v) is 6.11. The molecule has 6 nitrogen and oxygen atoms in total. The summed E-state index contributed by atoms with van der Waals surface area (Å²) >= 11 is 0. The van der Waals surface area contributed by atoms with E-state index in [1.54, 1.807) is 12.1 Å². The number of alkyl halides is 3. The lowest BCUT2D eigenvalue weighted by molar-refractivity contribution is -0.140. The Bertz CT molecular complexity index is 1250. The highest BCUT2D eigenvalue weighted by molar-refractivity contribution is 7.90. The third kappa shape index (κ3) is 4.39. The number of carbonyl (C=O) groups is 1. The van der Waals surface area contributed by atoms with E-state index in [-0.39, 0.29) is 34.5 Å². The average Bonchev–Trinajstić information content (AvgIpc) is 3.54. The molecule has 1 saturated carbocycles. The van der Waals surface area contributed by atoms with Crippen molar-refractivity contribution >= 4 is 21.6 Å². The van der Waals surface area contributed by atoms with Gasteiger partial charge in [-0.05, 0) is 68.4 Å². The molecule has 2 saturated heterocycles. The van der Waals surface area contributed by atoms with Crippen molar-refractivity contribution in [1.29, 1.82) is 0 Å². The number of nitrogens with zero attached hydrogens (tertiary/aromatic N) is 2. The number of carbonyl (C=O) groups excluding carboxylic acids is 1. The van der Waals surface area contributed by atoms with Crippen LogP contribution in [-0.4, -0.2) is 43.7 Å². The Morgan fingerprint density at radius 1 is 1.11 bits per heavy atom. The first kappa shape index (κ1) is 24.0. The number of piperidine rings is 1. The molecule has 3 aliphatic rings. The van der Waals surface area contributed by atoms with Crippen molar-refractivity contribution in [2.75, 3.05) is 11.2 Å². The summed E-state index contributed by atoms with van der Waals surface area (Å²) in [7, 11) is -3.34. The monoisotopic (exact) mass is 511 g/mol. The van der Waals surface area contributed by atoms with Gasteiger partial charge in [0.25, 0.3) is 0 Å². The van der Waals surface area contributed by atoms with E-state index in [4.69, 9.17) is 0 Å². The first-order chi connectivity index (χ1) is 16.4. The Hall–Kier alpha value is -2.69. The maximum atomic E-state index is 13.7. The van der Waals surface area contributed by atoms with Gasteiger partial charge in [0.1, 0.15) is 11.6 Å². The number of pyridine rings is 1. The summed E-state index contributed by atoms with van der Waals surface area (Å²) in [6.07, 6.45) is 1.63. The van der Waals surface area contributed by atoms with E-state index in [9.17, 15) is 30.8 Å². The third-order valence-electron chi connectivity index (χ3n) is 7.49. The van der Waals surface area contributed by atoms with Gasteiger partial charge in [-0.15, -0.1) is 0 Å². The van der Waals surface area contributed by atoms with Crippen molar-refractivity contribution in [1.82, 2.24) is 10.3 Å². The molecule has 11 heteroatoms. The Morgan fingerprint density at radius 3 is 2.29 bits per heavy atom. The molecule has 2 aromatic rings. The second kappa shape index (κ2) is 8.18. The molecule has 0 radical (unpaired) electrons. The maximum Gasteiger partial charge on any atom is 0.419 e. The van der Waals surface area contributed by atoms with E-state index in [0.717, 1.165) is 31.2 Å². The zero-order chi connectivity index (χ0) is 25.2. The van der Waals surface area contributed by atoms with Crippen molar-refractivity contribution in [3.8, 4) is 0 Å². The first-order valence-corrected chi connectivity index (χ1v) is 13.4. The van der Waals surface area contributed by atoms with Crippen molar-refractivity contribution < 1.29 is 30.8 Å². The van der Waals surface area contributed by atoms with E-state index in [2.05, 4.69) is 15.2 Å². The number of aromatic nitrogens is 1. The molecule has 3 heterocycles. The summed E-state index contributed by atoms with van der Waals surface area (Å²) in [6.45, 7) is 0. The van der Waals surface area contributed by atoms with E-state index < -0.39 is 32.8 Å². The highest BCUT2D eigenvalue weighted by Crippen LogP contribution is 2.50. The summed E-state index contributed by atoms with van der Waals surface area (Å²) in [5, 5.41) is 3.05. The zero-order valence-electron chi connectivity index (χ0n) is 19.0. The molecule has 1 N–H and O–H groups in total. The SMILES string of the molecule is CS(=O)(=O)c1ccc(N2C3CCC2CC(NC(=O)C2(c4ccc(F)c(C(F)(F)F)c4)CC2)C3)nc1. The minimum absolute atomic E-state index is 0.119. The minimum atomic E-state index is -4.83. The molecular formula is C24H25F4N3O3S. The van der Waals surface area contributed by atoms with Crippen LogP contribution < -0.4 is 10.2 Å². The van der Waals surface area contributed by atoms with Gasteiger partial charge in [-0.25, -0.2) is 17.8 Å². The highest BCUT2D eigenvalue weighted by atomic mass is 32.2. The van der Waals surface area contributed by atoms with Crippen LogP contribution in [0.5, 0.6) is 0 Å². The van der Waals surface area contributed by atoms with Crippen LogP contribution in [0.2, 0.25) is 0 Å². The maximum absolute atomic E-state index is 13.7. The summed E-state index contributed by atoms with van der Waals surface area (Å²) in [5.41, 5.74) is -2.21. The number of rotatable bonds is 5. The zero-order valence-corrected chi connectivity index (χ0v) is 19.8. The van der Waals surface area contributed by atoms with Gasteiger partial charge in [0.05, 0.1) is 15.9 Å². The predicted molar refractivity (Wildman–Crippen MR) is 120 cm³/mol. The van der Waals surface area contributed by atoms with Crippen molar-refractivity contribution in [3.05, 3.63) is 53.5 Å². The van der Waals surface area contributed by atoms with Crippen molar-refractivity contribution in [2.24, 2.45) is 0 Å². The van der Waals surface area contributed by atoms with Gasteiger partial charge >= 0.3 is 6.18 Å². The largest absolute Gasteiger partial charge is 0.419 e. The predicted octanol–water partition coefficient (Wildman–Crippen LogP) is 3.99. The minimum Gasteiger partial charge on any atom is -0.352 e. The number of hydrogen-bond acceptors (Lipinski definition) is 5. The first-order valence-electron chi connectivity index (χ1n) is 11.5. The number of amides is 1. The van der Waals surface area contributed by atoms with Gasteiger partial charge in [-0.3, -0.25) is 4.79 Å². The second-order valence-corrected chi connectivity index (χ2v) is 11.8. The molecule has 35 heavy (non-hydrogen) atoms. The van der Waals surface area contributed by atoms with Crippen LogP contribution in [0, 0.1) is 5.82 Å². The van der Waals surface area contributed by atoms with Gasteiger partial charge in [-0.2, -0.15) is 13.2 Å². The second-order valence-electron chi connectivity index (χ2n) is 9.83. The van der Waals surface area contributed by atoms with Crippen LogP contribution >= 0.6 is 0 Å². The standard InChI is InChI=1S/C24H25F4N3O3S/c1-35(33,34)18-5-7-21(29-13-18)31-16-3-4-17(31)12-15(11-16)30-22(32)23(8-9-23)14-2-6-20(25)19(10-14)24(26,27)28/h2,5-7,10,13,15-17H,3-4,8-9,11-12H2,1H3,(H,30,32). The molecule has 2 bridgehead atoms. The molecule has 188 valence electrons. The summed E-state index contributed by atoms with van der Waals surface area (Å²) in [5.74, 6) is -0.968. The lowest BCUT2D eigenvalue weighted by Crippen LogP contribution is -2.52. The normalized spacial score (nSPS) is 25.4. The summed E-state index contributed by atoms with van der Waals surface area (Å²) in [4.78, 5) is 19.9. The lowest BCUT2D eigenvalue weighted by Gasteiger charge is -2.40. The molecule has 2 unspecified atom stereocenters. The van der Waals surface area contributed by atoms with Crippen LogP contribution in [0.1, 0.15) is 49.7 Å². The number of nitrogens with one attached hydrogen (secondary N) is 1. The Balaban J connectivity index is 1.29. The molecular weight excluding hydrogens is 486 g/mol. The number of anilines is 1. The fourth-order valence-electron chi connectivity index (χ4n) is 5.55. The van der Waals surface area contributed by atoms with E-state index in [1.807, 2.05) is 0 Å². The average molecular weight is 512 g/mol. The molecule has 1 aromatic carbocycles. The van der Waals surface area contributed by atoms with Crippen LogP contribution in [0.15, 0.2) is 41.4 Å². The van der Waals surface area contributed by atoms with E-state index >= 15 is 0 Å². The van der Waals surface area contributed by atoms with Gasteiger partial charge in [0.2, 0.25) is 5.91 Å². The number of sulfone groups is 1. The smallest absolute Gasteiger partial charge is 0.352 e. The van der Waals surface area contributed by atoms with Crippen molar-refractivity contribution in [3.63, 3.8) is 0 Å². The fraction of sp³-hybridized carbons (Fsp3) is 0.500. The van der Waals surface area contributed by atoms with Crippen LogP contribution in [0.25, 0.3) is 0 Å². The van der Waals surface area contributed by atoms with Crippen LogP contribution in [0.4, 0.5) is 23.4 Å². The van der Waals surface area contributed by atoms with Gasteiger partial charge in [0, 0.05) is 30.6 Å². The summed E-state index contributed by atoms with van der Waals surface area (Å²) < 4.78 is 76.7. The van der Waals surface area contributed by atoms with Crippen molar-refractivity contribution in [2.45, 2.75) is 73.1 Å². The van der Waals surface area contributed by atoms with E-state index in [0.29, 0.717) is 31.5 Å². The van der Waals surface area contributed by atoms with E-state index in [1.165, 1.54) is 12.3 Å². The highest BCUT2D eigenvalue weighted by Gasteiger charge is 2.53. The molecule has 5 rings (SSSR count). The van der Waals surface area contributed by atoms with Gasteiger partial charge < -0.3 is 10.2 Å².